The molecule has 0 aromatic heterocycles. The minimum Gasteiger partial charge on any atom is -0.481 e. The van der Waals surface area contributed by atoms with Crippen LogP contribution in [0.1, 0.15) is 77.8 Å². The number of allylic oxidation sites excluding steroid dienone is 3. The number of anilines is 1. The molecular formula is C31H54N4O3. The number of rotatable bonds is 9. The lowest BCUT2D eigenvalue weighted by Gasteiger charge is -2.17. The van der Waals surface area contributed by atoms with Crippen LogP contribution in [-0.4, -0.2) is 43.7 Å². The number of aryl methyl sites for hydroxylation is 1. The minimum atomic E-state index is -0.833. The summed E-state index contributed by atoms with van der Waals surface area (Å²) in [5.74, 6) is 1.03. The minimum absolute atomic E-state index is 0.0463. The van der Waals surface area contributed by atoms with Crippen LogP contribution in [0.4, 0.5) is 5.69 Å². The fraction of sp³-hybridized carbons (Fsp3) is 0.613. The van der Waals surface area contributed by atoms with E-state index < -0.39 is 5.97 Å². The molecule has 1 saturated carbocycles. The molecule has 1 aromatic rings. The number of benzene rings is 1. The third-order valence-corrected chi connectivity index (χ3v) is 6.77. The third-order valence-electron chi connectivity index (χ3n) is 6.77. The fourth-order valence-electron chi connectivity index (χ4n) is 4.11. The number of carboxylic acid groups (broad SMARTS) is 1. The van der Waals surface area contributed by atoms with Gasteiger partial charge in [0, 0.05) is 38.3 Å². The van der Waals surface area contributed by atoms with E-state index in [9.17, 15) is 4.79 Å². The van der Waals surface area contributed by atoms with E-state index in [1.807, 2.05) is 6.08 Å². The molecule has 6 N–H and O–H groups in total. The number of hydrogen-bond acceptors (Lipinski definition) is 5. The molecule has 3 rings (SSSR count). The first-order valence-corrected chi connectivity index (χ1v) is 14.0. The van der Waals surface area contributed by atoms with Gasteiger partial charge in [-0.1, -0.05) is 52.3 Å². The van der Waals surface area contributed by atoms with Crippen LogP contribution in [0.3, 0.4) is 0 Å². The van der Waals surface area contributed by atoms with Crippen molar-refractivity contribution in [3.63, 3.8) is 0 Å². The second-order valence-corrected chi connectivity index (χ2v) is 10.3. The predicted molar refractivity (Wildman–Crippen MR) is 161 cm³/mol. The van der Waals surface area contributed by atoms with E-state index in [1.54, 1.807) is 0 Å². The summed E-state index contributed by atoms with van der Waals surface area (Å²) in [5.41, 5.74) is 16.2. The van der Waals surface area contributed by atoms with Crippen molar-refractivity contribution >= 4 is 17.6 Å². The summed E-state index contributed by atoms with van der Waals surface area (Å²) in [4.78, 5) is 21.5. The van der Waals surface area contributed by atoms with Gasteiger partial charge in [0.1, 0.15) is 0 Å². The molecule has 7 heteroatoms. The van der Waals surface area contributed by atoms with Gasteiger partial charge in [0.25, 0.3) is 5.97 Å². The van der Waals surface area contributed by atoms with Gasteiger partial charge in [0.05, 0.1) is 6.04 Å². The summed E-state index contributed by atoms with van der Waals surface area (Å²) in [6, 6.07) is 6.82. The van der Waals surface area contributed by atoms with Gasteiger partial charge in [-0.15, -0.1) is 6.58 Å². The zero-order chi connectivity index (χ0) is 29.3. The van der Waals surface area contributed by atoms with E-state index in [4.69, 9.17) is 21.4 Å². The molecule has 1 aromatic carbocycles. The summed E-state index contributed by atoms with van der Waals surface area (Å²) in [5, 5.41) is 10.4. The van der Waals surface area contributed by atoms with Crippen LogP contribution < -0.4 is 21.7 Å². The normalized spacial score (nSPS) is 20.3. The predicted octanol–water partition coefficient (Wildman–Crippen LogP) is 5.28. The largest absolute Gasteiger partial charge is 0.481 e. The van der Waals surface area contributed by atoms with Crippen molar-refractivity contribution in [3.8, 4) is 0 Å². The van der Waals surface area contributed by atoms with Gasteiger partial charge in [-0.2, -0.15) is 0 Å². The van der Waals surface area contributed by atoms with Crippen molar-refractivity contribution in [3.05, 3.63) is 53.8 Å². The molecule has 0 bridgehead atoms. The van der Waals surface area contributed by atoms with E-state index in [0.717, 1.165) is 50.8 Å². The van der Waals surface area contributed by atoms with E-state index in [2.05, 4.69) is 82.9 Å². The van der Waals surface area contributed by atoms with Gasteiger partial charge in [-0.25, -0.2) is 0 Å². The molecule has 1 aliphatic carbocycles. The van der Waals surface area contributed by atoms with Crippen molar-refractivity contribution in [2.75, 3.05) is 25.5 Å². The van der Waals surface area contributed by atoms with E-state index in [0.29, 0.717) is 11.8 Å². The van der Waals surface area contributed by atoms with E-state index >= 15 is 0 Å². The topological polar surface area (TPSA) is 122 Å². The Morgan fingerprint density at radius 3 is 2.21 bits per heavy atom. The number of amides is 1. The van der Waals surface area contributed by atoms with Crippen LogP contribution in [0.15, 0.2) is 42.6 Å². The number of nitrogens with two attached hydrogens (primary N) is 2. The Bertz CT molecular complexity index is 872. The summed E-state index contributed by atoms with van der Waals surface area (Å²) in [6.45, 7) is 14.7. The summed E-state index contributed by atoms with van der Waals surface area (Å²) in [6.07, 6.45) is 12.0. The second-order valence-electron chi connectivity index (χ2n) is 10.3. The maximum atomic E-state index is 10.4. The fourth-order valence-corrected chi connectivity index (χ4v) is 4.11. The van der Waals surface area contributed by atoms with Crippen molar-refractivity contribution < 1.29 is 14.7 Å². The number of carbonyl (C=O) groups excluding carboxylic acids is 1. The highest BCUT2D eigenvalue weighted by atomic mass is 16.4. The molecule has 2 fully saturated rings. The number of nitrogens with zero attached hydrogens (tertiary/aromatic N) is 1. The Morgan fingerprint density at radius 1 is 1.21 bits per heavy atom. The van der Waals surface area contributed by atoms with Gasteiger partial charge < -0.3 is 26.8 Å². The Labute approximate surface area is 231 Å². The van der Waals surface area contributed by atoms with Crippen LogP contribution in [0.25, 0.3) is 0 Å². The average Bonchev–Trinajstić information content (AvgIpc) is 3.46. The highest BCUT2D eigenvalue weighted by Crippen LogP contribution is 2.42. The number of primary amides is 1. The number of carbonyl (C=O) groups is 2. The zero-order valence-electron chi connectivity index (χ0n) is 24.9. The first-order chi connectivity index (χ1) is 17.9. The Kier molecular flexibility index (Phi) is 17.9. The number of carboxylic acids is 1. The van der Waals surface area contributed by atoms with E-state index in [1.165, 1.54) is 36.1 Å². The van der Waals surface area contributed by atoms with Crippen molar-refractivity contribution in [2.45, 2.75) is 85.6 Å². The summed E-state index contributed by atoms with van der Waals surface area (Å²) < 4.78 is 0. The standard InChI is InChI=1S/C15H25N.C9H15N.C5H10N2O.C2H4O2/c1-6-12(3)10-14-8-9-15(16(4)5)11-13(14)7-2;1-3-5-9(10)8-6-7(8)4-2;6-5(8)4-2-1-3-7-4;1-2(3)4/h8-9,11-12H,6-7,10H2,1-5H3;4-5,7-8H,2-3,6,10H2,1H3;4,7H,1-3H2,(H2,6,8);1H3,(H,3,4)/b;9-5+;;/t;7-,8?;;/m.1../s1. The number of nitrogens with one attached hydrogen (secondary N) is 1. The van der Waals surface area contributed by atoms with Crippen molar-refractivity contribution in [1.82, 2.24) is 5.32 Å². The van der Waals surface area contributed by atoms with Gasteiger partial charge >= 0.3 is 0 Å². The van der Waals surface area contributed by atoms with Crippen LogP contribution in [0, 0.1) is 17.8 Å². The molecular weight excluding hydrogens is 476 g/mol. The SMILES string of the molecule is C=C[C@@H]1CC1/C(N)=C\CC.CC(=O)O.CCc1cc(N(C)C)ccc1CC(C)CC.NC(=O)C1CCCN1. The van der Waals surface area contributed by atoms with Gasteiger partial charge in [0.2, 0.25) is 5.91 Å². The average molecular weight is 531 g/mol. The Morgan fingerprint density at radius 2 is 1.84 bits per heavy atom. The monoisotopic (exact) mass is 530 g/mol. The molecule has 1 amide bonds. The van der Waals surface area contributed by atoms with E-state index in [-0.39, 0.29) is 11.9 Å². The maximum absolute atomic E-state index is 10.4. The molecule has 0 spiro atoms. The zero-order valence-corrected chi connectivity index (χ0v) is 24.9. The Hall–Kier alpha value is -2.80. The summed E-state index contributed by atoms with van der Waals surface area (Å²) in [7, 11) is 4.20. The van der Waals surface area contributed by atoms with Crippen molar-refractivity contribution in [1.29, 1.82) is 0 Å². The lowest BCUT2D eigenvalue weighted by molar-refractivity contribution is -0.134. The molecule has 0 radical (unpaired) electrons. The molecule has 38 heavy (non-hydrogen) atoms. The van der Waals surface area contributed by atoms with Crippen LogP contribution in [0.2, 0.25) is 0 Å². The lowest BCUT2D eigenvalue weighted by Crippen LogP contribution is -2.36. The molecule has 4 atom stereocenters. The quantitative estimate of drug-likeness (QED) is 0.322. The third kappa shape index (κ3) is 14.8. The molecule has 216 valence electrons. The number of aliphatic carboxylic acids is 1. The Balaban J connectivity index is 0.000000533. The van der Waals surface area contributed by atoms with Crippen LogP contribution in [0.5, 0.6) is 0 Å². The molecule has 1 aliphatic heterocycles. The highest BCUT2D eigenvalue weighted by Gasteiger charge is 2.35. The van der Waals surface area contributed by atoms with Gasteiger partial charge in [0.15, 0.2) is 0 Å². The van der Waals surface area contributed by atoms with Gasteiger partial charge in [-0.05, 0) is 80.2 Å². The van der Waals surface area contributed by atoms with Crippen molar-refractivity contribution in [2.24, 2.45) is 29.2 Å². The maximum Gasteiger partial charge on any atom is 0.300 e. The smallest absolute Gasteiger partial charge is 0.300 e. The second kappa shape index (κ2) is 19.3. The molecule has 3 unspecified atom stereocenters. The number of hydrogen-bond donors (Lipinski definition) is 4. The van der Waals surface area contributed by atoms with Crippen LogP contribution >= 0.6 is 0 Å². The molecule has 7 nitrogen and oxygen atoms in total. The molecule has 2 aliphatic rings. The van der Waals surface area contributed by atoms with Gasteiger partial charge in [-0.3, -0.25) is 9.59 Å². The first-order valence-electron chi connectivity index (χ1n) is 14.0. The summed E-state index contributed by atoms with van der Waals surface area (Å²) >= 11 is 0. The first kappa shape index (κ1) is 35.2. The molecule has 1 saturated heterocycles. The lowest BCUT2D eigenvalue weighted by atomic mass is 9.94. The van der Waals surface area contributed by atoms with Crippen LogP contribution in [-0.2, 0) is 22.4 Å². The molecule has 1 heterocycles. The highest BCUT2D eigenvalue weighted by molar-refractivity contribution is 5.80.